The van der Waals surface area contributed by atoms with Crippen molar-refractivity contribution in [3.05, 3.63) is 0 Å². The summed E-state index contributed by atoms with van der Waals surface area (Å²) in [5.41, 5.74) is -0.166. The average Bonchev–Trinajstić information content (AvgIpc) is 2.91. The maximum absolute atomic E-state index is 13.9. The van der Waals surface area contributed by atoms with Crippen molar-refractivity contribution in [2.24, 2.45) is 22.2 Å². The molecule has 3 saturated carbocycles. The third kappa shape index (κ3) is 1.80. The van der Waals surface area contributed by atoms with Crippen LogP contribution in [0.3, 0.4) is 0 Å². The number of rotatable bonds is 5. The fourth-order valence-electron chi connectivity index (χ4n) is 4.80. The molecule has 0 N–H and O–H groups in total. The van der Waals surface area contributed by atoms with Gasteiger partial charge in [-0.1, -0.05) is 13.8 Å². The van der Waals surface area contributed by atoms with Crippen LogP contribution >= 0.6 is 22.6 Å². The average molecular weight is 394 g/mol. The topological polar surface area (TPSA) is 43.4 Å². The van der Waals surface area contributed by atoms with Gasteiger partial charge in [0.15, 0.2) is 0 Å². The zero-order valence-electron chi connectivity index (χ0n) is 11.9. The van der Waals surface area contributed by atoms with Gasteiger partial charge in [0.05, 0.1) is 6.61 Å². The molecule has 3 aliphatic rings. The van der Waals surface area contributed by atoms with E-state index in [2.05, 4.69) is 6.92 Å². The summed E-state index contributed by atoms with van der Waals surface area (Å²) >= 11 is 1.50. The molecule has 0 bridgehead atoms. The molecule has 112 valence electrons. The lowest BCUT2D eigenvalue weighted by molar-refractivity contribution is -0.154. The molecule has 3 aliphatic carbocycles. The van der Waals surface area contributed by atoms with E-state index in [4.69, 9.17) is 4.74 Å². The van der Waals surface area contributed by atoms with Gasteiger partial charge in [-0.2, -0.15) is 0 Å². The summed E-state index contributed by atoms with van der Waals surface area (Å²) in [5, 5.41) is 0. The molecule has 0 aromatic carbocycles. The molecule has 5 heteroatoms. The number of hydrogen-bond donors (Lipinski definition) is 0. The number of esters is 1. The Kier molecular flexibility index (Phi) is 3.07. The summed E-state index contributed by atoms with van der Waals surface area (Å²) in [4.78, 5) is 23.2. The van der Waals surface area contributed by atoms with Crippen LogP contribution in [-0.2, 0) is 14.3 Å². The smallest absolute Gasteiger partial charge is 0.354 e. The summed E-state index contributed by atoms with van der Waals surface area (Å²) in [5.74, 6) is -0.0863. The molecule has 0 amide bonds. The Balaban J connectivity index is 1.65. The maximum Gasteiger partial charge on any atom is 0.354 e. The number of halogens is 2. The van der Waals surface area contributed by atoms with Crippen LogP contribution in [0.2, 0.25) is 0 Å². The van der Waals surface area contributed by atoms with E-state index < -0.39 is 9.64 Å². The van der Waals surface area contributed by atoms with E-state index in [0.29, 0.717) is 5.92 Å². The molecule has 3 rings (SSSR count). The number of ether oxygens (including phenoxy) is 1. The predicted molar refractivity (Wildman–Crippen MR) is 80.1 cm³/mol. The fourth-order valence-corrected chi connectivity index (χ4v) is 4.95. The zero-order valence-corrected chi connectivity index (χ0v) is 14.0. The highest BCUT2D eigenvalue weighted by Gasteiger charge is 2.81. The summed E-state index contributed by atoms with van der Waals surface area (Å²) < 4.78 is 17.1. The van der Waals surface area contributed by atoms with Gasteiger partial charge in [-0.3, -0.25) is 0 Å². The van der Waals surface area contributed by atoms with Gasteiger partial charge in [-0.25, -0.2) is 9.18 Å². The Morgan fingerprint density at radius 2 is 2.20 bits per heavy atom. The molecular weight excluding hydrogens is 374 g/mol. The Morgan fingerprint density at radius 3 is 2.65 bits per heavy atom. The lowest BCUT2D eigenvalue weighted by Crippen LogP contribution is -2.39. The second-order valence-electron chi connectivity index (χ2n) is 7.33. The normalized spacial score (nSPS) is 47.5. The van der Waals surface area contributed by atoms with Crippen LogP contribution in [0.15, 0.2) is 0 Å². The minimum absolute atomic E-state index is 0.105. The van der Waals surface area contributed by atoms with E-state index >= 15 is 0 Å². The minimum Gasteiger partial charge on any atom is -0.462 e. The second-order valence-corrected chi connectivity index (χ2v) is 9.04. The zero-order chi connectivity index (χ0) is 14.8. The summed E-state index contributed by atoms with van der Waals surface area (Å²) in [6.07, 6.45) is 5.09. The van der Waals surface area contributed by atoms with Crippen LogP contribution in [0, 0.1) is 22.2 Å². The standard InChI is InChI=1S/C15H20FIO3/c1-3-15(16,17)11(19)20-9-12(2)6-13(8-18)4-10-5-14(10,13)7-12/h8,10H,3-7,9H2,1-2H3. The lowest BCUT2D eigenvalue weighted by atomic mass is 9.62. The third-order valence-electron chi connectivity index (χ3n) is 5.84. The van der Waals surface area contributed by atoms with E-state index in [-0.39, 0.29) is 29.3 Å². The van der Waals surface area contributed by atoms with Crippen molar-refractivity contribution < 1.29 is 18.7 Å². The monoisotopic (exact) mass is 394 g/mol. The van der Waals surface area contributed by atoms with E-state index in [9.17, 15) is 14.0 Å². The van der Waals surface area contributed by atoms with Crippen molar-refractivity contribution >= 4 is 34.8 Å². The number of carbonyl (C=O) groups excluding carboxylic acids is 2. The van der Waals surface area contributed by atoms with Crippen molar-refractivity contribution in [1.82, 2.24) is 0 Å². The summed E-state index contributed by atoms with van der Waals surface area (Å²) in [6, 6.07) is 0. The number of hydrogen-bond acceptors (Lipinski definition) is 3. The fraction of sp³-hybridized carbons (Fsp3) is 0.867. The number of aldehydes is 1. The van der Waals surface area contributed by atoms with Gasteiger partial charge >= 0.3 is 5.97 Å². The highest BCUT2D eigenvalue weighted by atomic mass is 127. The van der Waals surface area contributed by atoms with Crippen LogP contribution < -0.4 is 0 Å². The molecule has 0 radical (unpaired) electrons. The lowest BCUT2D eigenvalue weighted by Gasteiger charge is -2.40. The van der Waals surface area contributed by atoms with E-state index in [0.717, 1.165) is 32.0 Å². The molecule has 0 aliphatic heterocycles. The van der Waals surface area contributed by atoms with Gasteiger partial charge < -0.3 is 9.53 Å². The highest BCUT2D eigenvalue weighted by Crippen LogP contribution is 2.85. The van der Waals surface area contributed by atoms with Gasteiger partial charge in [0.25, 0.3) is 3.68 Å². The first-order valence-electron chi connectivity index (χ1n) is 7.24. The highest BCUT2D eigenvalue weighted by molar-refractivity contribution is 14.1. The van der Waals surface area contributed by atoms with Crippen LogP contribution in [-0.4, -0.2) is 22.5 Å². The van der Waals surface area contributed by atoms with Gasteiger partial charge in [0, 0.05) is 10.8 Å². The molecule has 20 heavy (non-hydrogen) atoms. The molecule has 3 fully saturated rings. The van der Waals surface area contributed by atoms with Gasteiger partial charge in [-0.15, -0.1) is 0 Å². The molecule has 3 nitrogen and oxygen atoms in total. The molecule has 0 heterocycles. The van der Waals surface area contributed by atoms with Crippen molar-refractivity contribution in [2.75, 3.05) is 6.61 Å². The Morgan fingerprint density at radius 1 is 1.50 bits per heavy atom. The van der Waals surface area contributed by atoms with Gasteiger partial charge in [-0.05, 0) is 66.0 Å². The van der Waals surface area contributed by atoms with Crippen molar-refractivity contribution in [1.29, 1.82) is 0 Å². The maximum atomic E-state index is 13.9. The molecule has 0 aromatic rings. The van der Waals surface area contributed by atoms with Crippen molar-refractivity contribution in [2.45, 2.75) is 49.6 Å². The van der Waals surface area contributed by atoms with Crippen LogP contribution in [0.25, 0.3) is 0 Å². The van der Waals surface area contributed by atoms with Crippen molar-refractivity contribution in [3.8, 4) is 0 Å². The molecular formula is C15H20FIO3. The van der Waals surface area contributed by atoms with Crippen LogP contribution in [0.4, 0.5) is 4.39 Å². The van der Waals surface area contributed by atoms with Gasteiger partial charge in [0.2, 0.25) is 0 Å². The summed E-state index contributed by atoms with van der Waals surface area (Å²) in [6.45, 7) is 3.91. The second kappa shape index (κ2) is 4.17. The predicted octanol–water partition coefficient (Wildman–Crippen LogP) is 3.44. The first kappa shape index (κ1) is 14.7. The molecule has 1 spiro atoms. The number of alkyl halides is 2. The molecule has 0 saturated heterocycles. The molecule has 0 aromatic heterocycles. The Bertz CT molecular complexity index is 480. The van der Waals surface area contributed by atoms with E-state index in [1.54, 1.807) is 6.92 Å². The van der Waals surface area contributed by atoms with Crippen LogP contribution in [0.5, 0.6) is 0 Å². The van der Waals surface area contributed by atoms with Gasteiger partial charge in [0.1, 0.15) is 6.29 Å². The Labute approximate surface area is 132 Å². The van der Waals surface area contributed by atoms with Crippen molar-refractivity contribution in [3.63, 3.8) is 0 Å². The van der Waals surface area contributed by atoms with E-state index in [1.165, 1.54) is 22.6 Å². The summed E-state index contributed by atoms with van der Waals surface area (Å²) in [7, 11) is 0. The first-order chi connectivity index (χ1) is 9.23. The Hall–Kier alpha value is -0.200. The number of carbonyl (C=O) groups is 2. The molecule has 5 atom stereocenters. The molecule has 5 unspecified atom stereocenters. The van der Waals surface area contributed by atoms with E-state index in [1.807, 2.05) is 0 Å². The quantitative estimate of drug-likeness (QED) is 0.311. The third-order valence-corrected chi connectivity index (χ3v) is 7.04. The van der Waals surface area contributed by atoms with Crippen LogP contribution in [0.1, 0.15) is 46.0 Å². The largest absolute Gasteiger partial charge is 0.462 e. The SMILES string of the molecule is CCC(F)(I)C(=O)OCC1(C)CC2(C=O)CC3CC32C1. The minimum atomic E-state index is -1.94. The first-order valence-corrected chi connectivity index (χ1v) is 8.32.